The highest BCUT2D eigenvalue weighted by atomic mass is 16.3. The van der Waals surface area contributed by atoms with Gasteiger partial charge < -0.3 is 13.7 Å². The summed E-state index contributed by atoms with van der Waals surface area (Å²) in [4.78, 5) is 11.7. The number of para-hydroxylation sites is 2. The summed E-state index contributed by atoms with van der Waals surface area (Å²) in [6, 6.07) is 28.4. The number of hydrogen-bond donors (Lipinski definition) is 0. The van der Waals surface area contributed by atoms with Crippen molar-refractivity contribution in [2.24, 2.45) is 0 Å². The second kappa shape index (κ2) is 18.6. The molecule has 0 atom stereocenters. The third-order valence-electron chi connectivity index (χ3n) is 13.8. The van der Waals surface area contributed by atoms with Crippen molar-refractivity contribution in [3.63, 3.8) is 0 Å². The highest BCUT2D eigenvalue weighted by Gasteiger charge is 2.30. The Morgan fingerprint density at radius 1 is 0.333 bits per heavy atom. The summed E-state index contributed by atoms with van der Waals surface area (Å²) in [7, 11) is 121. The van der Waals surface area contributed by atoms with Crippen molar-refractivity contribution in [1.29, 1.82) is 0 Å². The van der Waals surface area contributed by atoms with Crippen LogP contribution in [0.4, 0.5) is 17.1 Å². The number of hydrogen-bond acceptors (Lipinski definition) is 5. The van der Waals surface area contributed by atoms with Gasteiger partial charge in [0.2, 0.25) is 0 Å². The molecular weight excluding hydrogens is 893 g/mol. The lowest BCUT2D eigenvalue weighted by atomic mass is 9.56. The van der Waals surface area contributed by atoms with Crippen molar-refractivity contribution in [2.45, 2.75) is 0 Å². The predicted molar refractivity (Wildman–Crippen MR) is 330 cm³/mol. The fraction of sp³-hybridized carbons (Fsp3) is 0. The molecule has 0 aliphatic heterocycles. The zero-order chi connectivity index (χ0) is 53.4. The zero-order valence-electron chi connectivity index (χ0n) is 39.7. The van der Waals surface area contributed by atoms with Crippen molar-refractivity contribution in [1.82, 2.24) is 9.97 Å². The van der Waals surface area contributed by atoms with E-state index in [1.54, 1.807) is 6.07 Å². The maximum absolute atomic E-state index is 7.22. The molecule has 0 saturated carbocycles. The molecule has 0 bridgehead atoms. The Balaban J connectivity index is 1.20. The molecule has 0 aliphatic rings. The molecule has 5 nitrogen and oxygen atoms in total. The molecule has 0 saturated heterocycles. The normalized spacial score (nSPS) is 11.6. The fourth-order valence-electron chi connectivity index (χ4n) is 9.90. The summed E-state index contributed by atoms with van der Waals surface area (Å²) in [6.07, 6.45) is 0. The van der Waals surface area contributed by atoms with Gasteiger partial charge in [-0.05, 0) is 52.6 Å². The third kappa shape index (κ3) is 7.55. The third-order valence-corrected chi connectivity index (χ3v) is 13.8. The van der Waals surface area contributed by atoms with Crippen LogP contribution in [0, 0.1) is 0 Å². The smallest absolute Gasteiger partial charge is 0.180 e. The van der Waals surface area contributed by atoms with E-state index in [-0.39, 0.29) is 132 Å². The van der Waals surface area contributed by atoms with Gasteiger partial charge in [0.25, 0.3) is 0 Å². The Labute approximate surface area is 457 Å². The lowest BCUT2D eigenvalue weighted by Gasteiger charge is -2.40. The SMILES string of the molecule is [B]c1c([B])c([B])c(-c2c([B])c([B])c(N(c3c([B])c([B])c([B])c([B])c3[B])c3c([B])c([B])c(-c4cc(-c5nc(-c6ccccc6)c6oc7ccccc7c6n5)c5c(c4)oc4ccccc45)c([B])c3[B])c([B])c2[B])c([B])c1[B]. The number of fused-ring (bicyclic) bond motifs is 6. The van der Waals surface area contributed by atoms with E-state index in [1.807, 2.05) is 84.9 Å². The van der Waals surface area contributed by atoms with E-state index < -0.39 is 0 Å². The van der Waals surface area contributed by atoms with Gasteiger partial charge in [-0.3, -0.25) is 0 Å². The number of rotatable bonds is 7. The van der Waals surface area contributed by atoms with E-state index in [9.17, 15) is 0 Å². The van der Waals surface area contributed by atoms with Gasteiger partial charge in [-0.15, -0.1) is 32.8 Å². The molecule has 0 fully saturated rings. The first-order valence-corrected chi connectivity index (χ1v) is 22.8. The largest absolute Gasteiger partial charge is 0.456 e. The quantitative estimate of drug-likeness (QED) is 0.149. The Kier molecular flexibility index (Phi) is 12.5. The maximum Gasteiger partial charge on any atom is 0.180 e. The van der Waals surface area contributed by atoms with Crippen LogP contribution < -0.4 is 103 Å². The molecule has 0 amide bonds. The molecule has 36 radical (unpaired) electrons. The second-order valence-corrected chi connectivity index (χ2v) is 18.0. The Bertz CT molecular complexity index is 4200. The molecule has 3 heterocycles. The van der Waals surface area contributed by atoms with Gasteiger partial charge in [-0.2, -0.15) is 0 Å². The average Bonchev–Trinajstić information content (AvgIpc) is 3.99. The first-order valence-electron chi connectivity index (χ1n) is 22.8. The molecule has 75 heavy (non-hydrogen) atoms. The number of nitrogens with zero attached hydrogens (tertiary/aromatic N) is 3. The van der Waals surface area contributed by atoms with Gasteiger partial charge in [0.1, 0.15) is 169 Å². The maximum atomic E-state index is 7.22. The van der Waals surface area contributed by atoms with Crippen molar-refractivity contribution in [3.8, 4) is 44.9 Å². The van der Waals surface area contributed by atoms with Crippen LogP contribution in [0.1, 0.15) is 0 Å². The zero-order valence-corrected chi connectivity index (χ0v) is 39.7. The number of aromatic nitrogens is 2. The molecule has 0 unspecified atom stereocenters. The van der Waals surface area contributed by atoms with Gasteiger partial charge in [0.05, 0.1) is 0 Å². The van der Waals surface area contributed by atoms with Crippen molar-refractivity contribution in [2.75, 3.05) is 4.90 Å². The predicted octanol–water partition coefficient (Wildman–Crippen LogP) is -7.30. The molecule has 0 spiro atoms. The number of furan rings is 2. The van der Waals surface area contributed by atoms with E-state index in [0.29, 0.717) is 55.9 Å². The van der Waals surface area contributed by atoms with Crippen molar-refractivity contribution in [3.05, 3.63) is 91.0 Å². The van der Waals surface area contributed by atoms with Crippen LogP contribution in [0.15, 0.2) is 99.8 Å². The highest BCUT2D eigenvalue weighted by molar-refractivity contribution is 6.73. The molecule has 11 rings (SSSR count). The van der Waals surface area contributed by atoms with E-state index in [0.717, 1.165) is 16.3 Å². The molecule has 23 heteroatoms. The number of benzene rings is 8. The second-order valence-electron chi connectivity index (χ2n) is 18.0. The van der Waals surface area contributed by atoms with Crippen LogP contribution in [-0.2, 0) is 0 Å². The van der Waals surface area contributed by atoms with Gasteiger partial charge >= 0.3 is 0 Å². The Morgan fingerprint density at radius 2 is 0.733 bits per heavy atom. The molecular formula is C52H15B18N3O2. The first kappa shape index (κ1) is 50.6. The molecule has 3 aromatic heterocycles. The molecule has 8 aromatic carbocycles. The van der Waals surface area contributed by atoms with Gasteiger partial charge in [-0.1, -0.05) is 126 Å². The topological polar surface area (TPSA) is 55.3 Å². The van der Waals surface area contributed by atoms with Crippen LogP contribution in [0.25, 0.3) is 88.9 Å². The van der Waals surface area contributed by atoms with Crippen LogP contribution in [-0.4, -0.2) is 151 Å². The van der Waals surface area contributed by atoms with Gasteiger partial charge in [0, 0.05) is 44.3 Å². The molecule has 11 aromatic rings. The summed E-state index contributed by atoms with van der Waals surface area (Å²) >= 11 is 0. The highest BCUT2D eigenvalue weighted by Crippen LogP contribution is 2.42. The van der Waals surface area contributed by atoms with Crippen molar-refractivity contribution >= 4 is 301 Å². The lowest BCUT2D eigenvalue weighted by Crippen LogP contribution is -2.59. The lowest BCUT2D eigenvalue weighted by molar-refractivity contribution is 0.667. The van der Waals surface area contributed by atoms with Gasteiger partial charge in [-0.25, -0.2) is 9.97 Å². The van der Waals surface area contributed by atoms with E-state index in [4.69, 9.17) is 160 Å². The van der Waals surface area contributed by atoms with Crippen LogP contribution in [0.2, 0.25) is 0 Å². The van der Waals surface area contributed by atoms with Crippen LogP contribution in [0.3, 0.4) is 0 Å². The van der Waals surface area contributed by atoms with Gasteiger partial charge in [0.15, 0.2) is 11.4 Å². The summed E-state index contributed by atoms with van der Waals surface area (Å²) in [5.74, 6) is 0.328. The minimum atomic E-state index is -0.269. The summed E-state index contributed by atoms with van der Waals surface area (Å²) in [5, 5.41) is 2.26. The summed E-state index contributed by atoms with van der Waals surface area (Å²) in [6.45, 7) is 0. The van der Waals surface area contributed by atoms with E-state index >= 15 is 0 Å². The molecule has 0 aliphatic carbocycles. The fourth-order valence-corrected chi connectivity index (χ4v) is 9.90. The Morgan fingerprint density at radius 3 is 1.25 bits per heavy atom. The monoisotopic (exact) mass is 911 g/mol. The number of anilines is 3. The average molecular weight is 908 g/mol. The van der Waals surface area contributed by atoms with E-state index in [1.165, 1.54) is 4.90 Å². The van der Waals surface area contributed by atoms with Crippen LogP contribution >= 0.6 is 0 Å². The van der Waals surface area contributed by atoms with E-state index in [2.05, 4.69) is 0 Å². The van der Waals surface area contributed by atoms with Crippen LogP contribution in [0.5, 0.6) is 0 Å². The summed E-state index contributed by atoms with van der Waals surface area (Å²) in [5.41, 5.74) is 1.73. The standard InChI is InChI=1S/C52H15B18N3O2/c53-28-24(17-14-20(25-18-10-4-6-12-21(18)74-23(25)15-17)52-71-46(16-8-2-1-3-9-16)51-47(72-52)19-11-5-7-13-22(19)75-51)29(54)41(66)48(40(28)65)73(50-44(69)38(63)37(62)39(64)45(50)70)49-42(67)32(57)27(33(58)43(49)68)26-30(55)34(59)36(61)35(60)31(26)56/h1-15H. The minimum Gasteiger partial charge on any atom is -0.456 e. The van der Waals surface area contributed by atoms with Crippen molar-refractivity contribution < 1.29 is 8.83 Å². The summed E-state index contributed by atoms with van der Waals surface area (Å²) < 4.78 is 13.0. The minimum absolute atomic E-state index is 0.00286. The molecule has 0 N–H and O–H groups in total. The first-order chi connectivity index (χ1) is 35.7. The molecule has 304 valence electrons. The Hall–Kier alpha value is -6.59.